The van der Waals surface area contributed by atoms with Gasteiger partial charge in [0.05, 0.1) is 31.5 Å². The summed E-state index contributed by atoms with van der Waals surface area (Å²) in [6, 6.07) is -1.65. The highest BCUT2D eigenvalue weighted by Crippen LogP contribution is 2.31. The van der Waals surface area contributed by atoms with Crippen LogP contribution in [0.5, 0.6) is 5.75 Å². The number of carbonyl (C=O) groups is 5. The molecular weight excluding hydrogens is 836 g/mol. The van der Waals surface area contributed by atoms with Gasteiger partial charge < -0.3 is 93.7 Å². The lowest BCUT2D eigenvalue weighted by molar-refractivity contribution is -0.268. The Morgan fingerprint density at radius 3 is 2.37 bits per heavy atom. The molecule has 63 heavy (non-hydrogen) atoms. The summed E-state index contributed by atoms with van der Waals surface area (Å²) < 4.78 is 34.7. The van der Waals surface area contributed by atoms with Crippen LogP contribution in [0.1, 0.15) is 31.7 Å². The van der Waals surface area contributed by atoms with Gasteiger partial charge in [0.1, 0.15) is 42.2 Å². The number of primary amides is 2. The molecule has 0 aromatic heterocycles. The van der Waals surface area contributed by atoms with Crippen molar-refractivity contribution in [2.75, 3.05) is 39.4 Å². The number of imide groups is 1. The molecule has 0 unspecified atom stereocenters. The van der Waals surface area contributed by atoms with Crippen molar-refractivity contribution in [1.29, 1.82) is 0 Å². The molecule has 8 amide bonds. The Morgan fingerprint density at radius 2 is 1.68 bits per heavy atom. The molecule has 18 N–H and O–H groups in total. The van der Waals surface area contributed by atoms with Crippen LogP contribution in [-0.2, 0) is 28.5 Å². The second-order valence-corrected chi connectivity index (χ2v) is 15.1. The summed E-state index contributed by atoms with van der Waals surface area (Å²) in [5.41, 5.74) is 28.3. The van der Waals surface area contributed by atoms with E-state index >= 15 is 0 Å². The summed E-state index contributed by atoms with van der Waals surface area (Å²) in [6.45, 7) is 3.55. The number of guanidine groups is 1. The maximum Gasteiger partial charge on any atom is 0.409 e. The summed E-state index contributed by atoms with van der Waals surface area (Å²) in [4.78, 5) is 66.8. The zero-order valence-electron chi connectivity index (χ0n) is 34.4. The topological polar surface area (TPSA) is 407 Å². The molecule has 5 rings (SSSR count). The number of nitrogens with one attached hydrogen (secondary N) is 5. The van der Waals surface area contributed by atoms with Gasteiger partial charge in [0.15, 0.2) is 24.6 Å². The molecule has 4 heterocycles. The second-order valence-electron chi connectivity index (χ2n) is 15.1. The minimum absolute atomic E-state index is 0.249. The number of urea groups is 3. The maximum absolute atomic E-state index is 13.3. The molecule has 1 aromatic carbocycles. The molecule has 4 aliphatic heterocycles. The van der Waals surface area contributed by atoms with E-state index in [4.69, 9.17) is 57.1 Å². The number of benzene rings is 1. The monoisotopic (exact) mass is 894 g/mol. The lowest BCUT2D eigenvalue weighted by atomic mass is 9.97. The van der Waals surface area contributed by atoms with Crippen LogP contribution in [0, 0.1) is 0 Å². The van der Waals surface area contributed by atoms with Crippen molar-refractivity contribution in [1.82, 2.24) is 31.5 Å². The summed E-state index contributed by atoms with van der Waals surface area (Å²) in [6.07, 6.45) is -7.88. The molecule has 0 saturated carbocycles. The van der Waals surface area contributed by atoms with Crippen LogP contribution >= 0.6 is 0 Å². The first kappa shape index (κ1) is 48.5. The van der Waals surface area contributed by atoms with Gasteiger partial charge in [0.25, 0.3) is 0 Å². The van der Waals surface area contributed by atoms with Crippen LogP contribution in [0.15, 0.2) is 35.3 Å². The number of hydrogen-bond acceptors (Lipinski definition) is 17. The van der Waals surface area contributed by atoms with E-state index in [0.717, 1.165) is 32.4 Å². The number of aliphatic hydroxyl groups is 3. The Bertz CT molecular complexity index is 1790. The van der Waals surface area contributed by atoms with Gasteiger partial charge in [-0.3, -0.25) is 10.1 Å². The maximum atomic E-state index is 13.3. The smallest absolute Gasteiger partial charge is 0.409 e. The number of amides is 8. The lowest BCUT2D eigenvalue weighted by Gasteiger charge is -2.44. The van der Waals surface area contributed by atoms with E-state index < -0.39 is 116 Å². The number of alkyl carbamates (subject to hydrolysis) is 1. The Balaban J connectivity index is 1.15. The van der Waals surface area contributed by atoms with E-state index in [1.54, 1.807) is 30.3 Å². The largest absolute Gasteiger partial charge is 0.462 e. The van der Waals surface area contributed by atoms with Gasteiger partial charge in [-0.25, -0.2) is 29.1 Å². The van der Waals surface area contributed by atoms with Crippen LogP contribution in [0.4, 0.5) is 19.2 Å². The molecule has 0 bridgehead atoms. The van der Waals surface area contributed by atoms with Gasteiger partial charge in [0, 0.05) is 12.6 Å². The van der Waals surface area contributed by atoms with Crippen molar-refractivity contribution in [3.8, 4) is 5.75 Å². The van der Waals surface area contributed by atoms with Gasteiger partial charge in [-0.15, -0.1) is 0 Å². The Labute approximate surface area is 361 Å². The minimum Gasteiger partial charge on any atom is -0.462 e. The van der Waals surface area contributed by atoms with Crippen LogP contribution in [-0.4, -0.2) is 175 Å². The third kappa shape index (κ3) is 13.0. The van der Waals surface area contributed by atoms with Crippen molar-refractivity contribution >= 4 is 42.1 Å². The van der Waals surface area contributed by atoms with Crippen molar-refractivity contribution in [2.24, 2.45) is 33.7 Å². The number of aliphatic imine (C=N–C) groups is 1. The SMILES string of the molecule is C[C@H]1O[C@H](Oc2ccc(/C=C/C(=O)NCCCNCCCCN)cc2)[C@H](N=C(N)N)[C@@H](O)[C@@H]1OC(=O)N[C@@H]1OC[C@H](O[C@H]2OC[C@H](O)[C@H]3NC(=O)N(C(N)=O)[C@H]23)[C@@H](O)[C@@H]1NC(N)=O. The Kier molecular flexibility index (Phi) is 17.4. The highest BCUT2D eigenvalue weighted by atomic mass is 16.7. The van der Waals surface area contributed by atoms with Gasteiger partial charge in [-0.1, -0.05) is 12.1 Å². The predicted molar refractivity (Wildman–Crippen MR) is 219 cm³/mol. The molecule has 13 atom stereocenters. The Morgan fingerprint density at radius 1 is 0.952 bits per heavy atom. The average molecular weight is 895 g/mol. The number of fused-ring (bicyclic) bond motifs is 1. The van der Waals surface area contributed by atoms with Crippen LogP contribution < -0.4 is 60.0 Å². The fourth-order valence-electron chi connectivity index (χ4n) is 7.35. The summed E-state index contributed by atoms with van der Waals surface area (Å²) in [5, 5.41) is 46.3. The molecule has 4 aliphatic rings. The molecule has 26 nitrogen and oxygen atoms in total. The standard InChI is InChI=1S/C37H58N12O14/c1-17-29(28(53)25(45-33(39)40)31(60-17)61-19-8-5-18(6-9-19)7-10-22(51)44-14-4-13-43-12-3-2-11-38)63-37(57)48-30-24(46-34(41)54)27(52)21(16-58-30)62-32-26-23(20(50)15-59-32)47-36(56)49(26)35(42)55/h5-10,17,20-21,23-32,43,50,52-53H,2-4,11-16,38H2,1H3,(H2,42,55)(H,44,51)(H,47,56)(H,48,57)(H4,39,40,45)(H3,41,46,54)/b10-7+/t17-,20+,21+,23-,24+,25-,26+,27-,28-,29-,30-,31-,32-/m1/s1. The summed E-state index contributed by atoms with van der Waals surface area (Å²) in [7, 11) is 0. The minimum atomic E-state index is -1.67. The second kappa shape index (κ2) is 22.7. The molecule has 0 spiro atoms. The lowest BCUT2D eigenvalue weighted by Crippen LogP contribution is -2.68. The predicted octanol–water partition coefficient (Wildman–Crippen LogP) is -4.55. The molecule has 26 heteroatoms. The number of rotatable bonds is 18. The van der Waals surface area contributed by atoms with Gasteiger partial charge in [-0.2, -0.15) is 0 Å². The van der Waals surface area contributed by atoms with Crippen LogP contribution in [0.2, 0.25) is 0 Å². The van der Waals surface area contributed by atoms with Crippen molar-refractivity contribution in [3.05, 3.63) is 35.9 Å². The van der Waals surface area contributed by atoms with Gasteiger partial charge in [-0.05, 0) is 69.6 Å². The fraction of sp³-hybridized carbons (Fsp3) is 0.622. The highest BCUT2D eigenvalue weighted by Gasteiger charge is 2.55. The van der Waals surface area contributed by atoms with Crippen molar-refractivity contribution < 1.29 is 67.7 Å². The number of nitrogens with zero attached hydrogens (tertiary/aromatic N) is 2. The van der Waals surface area contributed by atoms with Crippen molar-refractivity contribution in [2.45, 2.75) is 106 Å². The number of nitrogens with two attached hydrogens (primary N) is 5. The molecular formula is C37H58N12O14. The van der Waals surface area contributed by atoms with Crippen LogP contribution in [0.3, 0.4) is 0 Å². The first-order valence-electron chi connectivity index (χ1n) is 20.3. The van der Waals surface area contributed by atoms with E-state index in [9.17, 15) is 39.3 Å². The number of aliphatic hydroxyl groups excluding tert-OH is 3. The van der Waals surface area contributed by atoms with Gasteiger partial charge in [0.2, 0.25) is 12.2 Å². The van der Waals surface area contributed by atoms with Crippen molar-refractivity contribution in [3.63, 3.8) is 0 Å². The fourth-order valence-corrected chi connectivity index (χ4v) is 7.35. The third-order valence-corrected chi connectivity index (χ3v) is 10.4. The highest BCUT2D eigenvalue weighted by molar-refractivity contribution is 5.95. The van der Waals surface area contributed by atoms with E-state index in [2.05, 4.69) is 31.6 Å². The van der Waals surface area contributed by atoms with Gasteiger partial charge >= 0.3 is 24.2 Å². The number of hydrogen-bond donors (Lipinski definition) is 13. The number of unbranched alkanes of at least 4 members (excludes halogenated alkanes) is 1. The Hall–Kier alpha value is -5.58. The average Bonchev–Trinajstić information content (AvgIpc) is 3.60. The number of carbonyl (C=O) groups excluding carboxylic acids is 5. The zero-order valence-corrected chi connectivity index (χ0v) is 34.4. The normalized spacial score (nSPS) is 31.6. The molecule has 1 aromatic rings. The van der Waals surface area contributed by atoms with E-state index in [0.29, 0.717) is 29.3 Å². The molecule has 350 valence electrons. The quantitative estimate of drug-likeness (QED) is 0.0286. The first-order chi connectivity index (χ1) is 30.1. The van der Waals surface area contributed by atoms with E-state index in [1.165, 1.54) is 13.0 Å². The third-order valence-electron chi connectivity index (χ3n) is 10.4. The first-order valence-corrected chi connectivity index (χ1v) is 20.3. The molecule has 0 radical (unpaired) electrons. The number of ether oxygens (including phenoxy) is 6. The molecule has 4 saturated heterocycles. The van der Waals surface area contributed by atoms with Crippen LogP contribution in [0.25, 0.3) is 6.08 Å². The summed E-state index contributed by atoms with van der Waals surface area (Å²) in [5.74, 6) is -0.389. The molecule has 0 aliphatic carbocycles. The summed E-state index contributed by atoms with van der Waals surface area (Å²) >= 11 is 0. The zero-order chi connectivity index (χ0) is 45.8. The van der Waals surface area contributed by atoms with E-state index in [1.807, 2.05) is 0 Å². The molecule has 4 fully saturated rings. The van der Waals surface area contributed by atoms with E-state index in [-0.39, 0.29) is 12.5 Å².